The van der Waals surface area contributed by atoms with E-state index in [0.717, 1.165) is 29.8 Å². The van der Waals surface area contributed by atoms with Crippen LogP contribution < -0.4 is 5.32 Å². The molecular weight excluding hydrogens is 314 g/mol. The molecule has 0 fully saturated rings. The van der Waals surface area contributed by atoms with Gasteiger partial charge in [0.2, 0.25) is 5.91 Å². The van der Waals surface area contributed by atoms with Gasteiger partial charge in [0.1, 0.15) is 0 Å². The summed E-state index contributed by atoms with van der Waals surface area (Å²) in [6, 6.07) is 7.52. The fraction of sp³-hybridized carbons (Fsp3) is 0.412. The van der Waals surface area contributed by atoms with Crippen molar-refractivity contribution in [2.75, 3.05) is 6.61 Å². The molecule has 2 aromatic rings. The Morgan fingerprint density at radius 2 is 2.26 bits per heavy atom. The number of ether oxygens (including phenoxy) is 1. The zero-order valence-electron chi connectivity index (χ0n) is 13.1. The summed E-state index contributed by atoms with van der Waals surface area (Å²) >= 11 is 6.08. The van der Waals surface area contributed by atoms with Gasteiger partial charge in [-0.1, -0.05) is 29.8 Å². The van der Waals surface area contributed by atoms with Crippen LogP contribution in [0.4, 0.5) is 0 Å². The van der Waals surface area contributed by atoms with Gasteiger partial charge in [0, 0.05) is 49.1 Å². The number of benzene rings is 1. The SMILES string of the molecule is Cn1nc(CCC(=O)NCc2ccccc2Cl)c2c1CCOC2. The van der Waals surface area contributed by atoms with Gasteiger partial charge in [-0.15, -0.1) is 0 Å². The van der Waals surface area contributed by atoms with E-state index < -0.39 is 0 Å². The topological polar surface area (TPSA) is 56.2 Å². The zero-order valence-corrected chi connectivity index (χ0v) is 13.9. The lowest BCUT2D eigenvalue weighted by Gasteiger charge is -2.13. The van der Waals surface area contributed by atoms with Crippen molar-refractivity contribution < 1.29 is 9.53 Å². The van der Waals surface area contributed by atoms with E-state index in [1.807, 2.05) is 36.0 Å². The van der Waals surface area contributed by atoms with E-state index in [0.29, 0.717) is 31.0 Å². The molecule has 0 aliphatic carbocycles. The third-order valence-electron chi connectivity index (χ3n) is 4.11. The number of halogens is 1. The summed E-state index contributed by atoms with van der Waals surface area (Å²) in [5.41, 5.74) is 4.27. The summed E-state index contributed by atoms with van der Waals surface area (Å²) in [5, 5.41) is 8.11. The molecule has 3 rings (SSSR count). The molecule has 0 spiro atoms. The molecule has 0 radical (unpaired) electrons. The first kappa shape index (κ1) is 16.0. The number of amides is 1. The minimum atomic E-state index is 0.000973. The maximum atomic E-state index is 12.1. The number of fused-ring (bicyclic) bond motifs is 1. The first-order valence-corrected chi connectivity index (χ1v) is 8.14. The van der Waals surface area contributed by atoms with Gasteiger partial charge in [-0.3, -0.25) is 9.48 Å². The van der Waals surface area contributed by atoms with E-state index in [9.17, 15) is 4.79 Å². The Morgan fingerprint density at radius 1 is 1.43 bits per heavy atom. The lowest BCUT2D eigenvalue weighted by Crippen LogP contribution is -2.23. The Hall–Kier alpha value is -1.85. The molecule has 6 heteroatoms. The lowest BCUT2D eigenvalue weighted by atomic mass is 10.1. The van der Waals surface area contributed by atoms with Gasteiger partial charge in [-0.2, -0.15) is 5.10 Å². The van der Waals surface area contributed by atoms with Gasteiger partial charge in [-0.25, -0.2) is 0 Å². The first-order chi connectivity index (χ1) is 11.1. The van der Waals surface area contributed by atoms with Crippen molar-refractivity contribution in [3.63, 3.8) is 0 Å². The molecule has 1 aromatic heterocycles. The largest absolute Gasteiger partial charge is 0.376 e. The van der Waals surface area contributed by atoms with Gasteiger partial charge >= 0.3 is 0 Å². The van der Waals surface area contributed by atoms with Crippen LogP contribution in [0.15, 0.2) is 24.3 Å². The molecule has 1 aliphatic rings. The second-order valence-electron chi connectivity index (χ2n) is 5.67. The highest BCUT2D eigenvalue weighted by Crippen LogP contribution is 2.21. The number of hydrogen-bond donors (Lipinski definition) is 1. The van der Waals surface area contributed by atoms with Gasteiger partial charge in [0.15, 0.2) is 0 Å². The average molecular weight is 334 g/mol. The molecule has 0 saturated heterocycles. The fourth-order valence-corrected chi connectivity index (χ4v) is 3.05. The van der Waals surface area contributed by atoms with Gasteiger partial charge in [0.05, 0.1) is 18.9 Å². The molecule has 5 nitrogen and oxygen atoms in total. The molecule has 1 aliphatic heterocycles. The maximum Gasteiger partial charge on any atom is 0.220 e. The summed E-state index contributed by atoms with van der Waals surface area (Å²) in [7, 11) is 1.95. The van der Waals surface area contributed by atoms with Crippen molar-refractivity contribution in [1.29, 1.82) is 0 Å². The third kappa shape index (κ3) is 3.74. The zero-order chi connectivity index (χ0) is 16.2. The quantitative estimate of drug-likeness (QED) is 0.914. The molecule has 0 unspecified atom stereocenters. The van der Waals surface area contributed by atoms with Crippen molar-refractivity contribution in [1.82, 2.24) is 15.1 Å². The van der Waals surface area contributed by atoms with Crippen LogP contribution in [0.2, 0.25) is 5.02 Å². The minimum absolute atomic E-state index is 0.000973. The maximum absolute atomic E-state index is 12.1. The Morgan fingerprint density at radius 3 is 3.09 bits per heavy atom. The second-order valence-corrected chi connectivity index (χ2v) is 6.07. The van der Waals surface area contributed by atoms with Gasteiger partial charge in [0.25, 0.3) is 0 Å². The van der Waals surface area contributed by atoms with Crippen LogP contribution in [0.25, 0.3) is 0 Å². The van der Waals surface area contributed by atoms with Crippen LogP contribution in [0.3, 0.4) is 0 Å². The molecule has 23 heavy (non-hydrogen) atoms. The summed E-state index contributed by atoms with van der Waals surface area (Å²) < 4.78 is 7.42. The second kappa shape index (κ2) is 7.15. The van der Waals surface area contributed by atoms with E-state index in [-0.39, 0.29) is 5.91 Å². The molecule has 122 valence electrons. The molecule has 1 amide bonds. The molecule has 0 bridgehead atoms. The molecule has 0 saturated carbocycles. The van der Waals surface area contributed by atoms with E-state index in [2.05, 4.69) is 10.4 Å². The van der Waals surface area contributed by atoms with E-state index in [4.69, 9.17) is 16.3 Å². The van der Waals surface area contributed by atoms with E-state index in [1.54, 1.807) is 0 Å². The number of carbonyl (C=O) groups is 1. The van der Waals surface area contributed by atoms with E-state index in [1.165, 1.54) is 5.69 Å². The molecule has 1 N–H and O–H groups in total. The number of hydrogen-bond acceptors (Lipinski definition) is 3. The number of nitrogens with zero attached hydrogens (tertiary/aromatic N) is 2. The molecule has 1 aromatic carbocycles. The van der Waals surface area contributed by atoms with Crippen molar-refractivity contribution in [2.24, 2.45) is 7.05 Å². The molecule has 2 heterocycles. The van der Waals surface area contributed by atoms with Crippen LogP contribution in [-0.4, -0.2) is 22.3 Å². The van der Waals surface area contributed by atoms with Crippen molar-refractivity contribution >= 4 is 17.5 Å². The van der Waals surface area contributed by atoms with Crippen molar-refractivity contribution in [2.45, 2.75) is 32.4 Å². The van der Waals surface area contributed by atoms with Crippen LogP contribution in [0.5, 0.6) is 0 Å². The monoisotopic (exact) mass is 333 g/mol. The first-order valence-electron chi connectivity index (χ1n) is 7.76. The predicted molar refractivity (Wildman–Crippen MR) is 88.2 cm³/mol. The van der Waals surface area contributed by atoms with Gasteiger partial charge < -0.3 is 10.1 Å². The lowest BCUT2D eigenvalue weighted by molar-refractivity contribution is -0.121. The molecule has 0 atom stereocenters. The molecular formula is C17H20ClN3O2. The smallest absolute Gasteiger partial charge is 0.220 e. The van der Waals surface area contributed by atoms with Crippen LogP contribution in [0, 0.1) is 0 Å². The standard InChI is InChI=1S/C17H20ClN3O2/c1-21-16-8-9-23-11-13(16)15(20-21)6-7-17(22)19-10-12-4-2-3-5-14(12)18/h2-5H,6-11H2,1H3,(H,19,22). The van der Waals surface area contributed by atoms with Crippen molar-refractivity contribution in [3.8, 4) is 0 Å². The highest BCUT2D eigenvalue weighted by atomic mass is 35.5. The van der Waals surface area contributed by atoms with Crippen LogP contribution >= 0.6 is 11.6 Å². The number of carbonyl (C=O) groups excluding carboxylic acids is 1. The highest BCUT2D eigenvalue weighted by molar-refractivity contribution is 6.31. The number of nitrogens with one attached hydrogen (secondary N) is 1. The Balaban J connectivity index is 1.54. The Labute approximate surface area is 140 Å². The Kier molecular flexibility index (Phi) is 4.98. The van der Waals surface area contributed by atoms with Crippen LogP contribution in [0.1, 0.15) is 28.9 Å². The van der Waals surface area contributed by atoms with Gasteiger partial charge in [-0.05, 0) is 11.6 Å². The van der Waals surface area contributed by atoms with E-state index >= 15 is 0 Å². The summed E-state index contributed by atoms with van der Waals surface area (Å²) in [4.78, 5) is 12.1. The highest BCUT2D eigenvalue weighted by Gasteiger charge is 2.20. The van der Waals surface area contributed by atoms with Crippen molar-refractivity contribution in [3.05, 3.63) is 51.8 Å². The fourth-order valence-electron chi connectivity index (χ4n) is 2.84. The minimum Gasteiger partial charge on any atom is -0.376 e. The third-order valence-corrected chi connectivity index (χ3v) is 4.48. The summed E-state index contributed by atoms with van der Waals surface area (Å²) in [6.45, 7) is 1.78. The number of aryl methyl sites for hydroxylation is 2. The average Bonchev–Trinajstić information content (AvgIpc) is 2.89. The van der Waals surface area contributed by atoms with Crippen LogP contribution in [-0.2, 0) is 42.6 Å². The Bertz CT molecular complexity index is 712. The summed E-state index contributed by atoms with van der Waals surface area (Å²) in [6.07, 6.45) is 1.92. The number of rotatable bonds is 5. The number of aromatic nitrogens is 2. The normalized spacial score (nSPS) is 13.7. The predicted octanol–water partition coefficient (Wildman–Crippen LogP) is 2.40. The summed E-state index contributed by atoms with van der Waals surface area (Å²) in [5.74, 6) is 0.000973.